The van der Waals surface area contributed by atoms with Gasteiger partial charge in [-0.25, -0.2) is 0 Å². The van der Waals surface area contributed by atoms with Crippen LogP contribution in [0.1, 0.15) is 39.3 Å². The molecule has 2 atom stereocenters. The van der Waals surface area contributed by atoms with Crippen LogP contribution in [0.4, 0.5) is 0 Å². The average Bonchev–Trinajstić information content (AvgIpc) is 2.84. The van der Waals surface area contributed by atoms with Crippen molar-refractivity contribution in [1.82, 2.24) is 4.90 Å². The molecule has 0 saturated heterocycles. The molecule has 3 rings (SSSR count). The molecule has 1 aliphatic heterocycles. The number of carbonyl (C=O) groups excluding carboxylic acids is 2. The maximum atomic E-state index is 12.7. The largest absolute Gasteiger partial charge is 0.410 e. The highest BCUT2D eigenvalue weighted by Crippen LogP contribution is 2.33. The quantitative estimate of drug-likeness (QED) is 0.449. The van der Waals surface area contributed by atoms with Crippen LogP contribution in [0.15, 0.2) is 53.0 Å². The van der Waals surface area contributed by atoms with Crippen molar-refractivity contribution in [2.75, 3.05) is 6.54 Å². The Kier molecular flexibility index (Phi) is 5.70. The Morgan fingerprint density at radius 3 is 2.11 bits per heavy atom. The van der Waals surface area contributed by atoms with Gasteiger partial charge in [-0.1, -0.05) is 47.1 Å². The van der Waals surface area contributed by atoms with Gasteiger partial charge in [-0.3, -0.25) is 14.5 Å². The number of rotatable bonds is 6. The van der Waals surface area contributed by atoms with Crippen LogP contribution in [-0.4, -0.2) is 31.6 Å². The first kappa shape index (κ1) is 20.0. The van der Waals surface area contributed by atoms with E-state index in [1.165, 1.54) is 4.90 Å². The van der Waals surface area contributed by atoms with Crippen molar-refractivity contribution in [2.45, 2.75) is 32.7 Å². The second-order valence-electron chi connectivity index (χ2n) is 7.95. The number of nitrogens with zero attached hydrogens (tertiary/aromatic N) is 1. The van der Waals surface area contributed by atoms with Gasteiger partial charge in [0, 0.05) is 16.9 Å². The first-order valence-corrected chi connectivity index (χ1v) is 13.3. The molecule has 0 spiro atoms. The summed E-state index contributed by atoms with van der Waals surface area (Å²) in [6.07, 6.45) is -0.182. The van der Waals surface area contributed by atoms with Gasteiger partial charge in [0.15, 0.2) is 8.32 Å². The lowest BCUT2D eigenvalue weighted by Crippen LogP contribution is -2.38. The van der Waals surface area contributed by atoms with Crippen molar-refractivity contribution in [1.29, 1.82) is 0 Å². The van der Waals surface area contributed by atoms with Gasteiger partial charge in [0.05, 0.1) is 17.2 Å². The van der Waals surface area contributed by atoms with Gasteiger partial charge in [0.1, 0.15) is 0 Å². The molecule has 0 N–H and O–H groups in total. The van der Waals surface area contributed by atoms with E-state index >= 15 is 0 Å². The second kappa shape index (κ2) is 7.70. The third kappa shape index (κ3) is 4.39. The monoisotopic (exact) mass is 445 g/mol. The third-order valence-corrected chi connectivity index (χ3v) is 5.98. The van der Waals surface area contributed by atoms with Crippen LogP contribution in [0.5, 0.6) is 0 Å². The molecule has 1 aliphatic rings. The Morgan fingerprint density at radius 1 is 1.00 bits per heavy atom. The summed E-state index contributed by atoms with van der Waals surface area (Å²) < 4.78 is 7.45. The van der Waals surface area contributed by atoms with Gasteiger partial charge in [-0.2, -0.15) is 0 Å². The van der Waals surface area contributed by atoms with Crippen molar-refractivity contribution < 1.29 is 14.0 Å². The zero-order chi connectivity index (χ0) is 19.8. The Balaban J connectivity index is 1.86. The lowest BCUT2D eigenvalue weighted by molar-refractivity contribution is 0.0560. The highest BCUT2D eigenvalue weighted by molar-refractivity contribution is 9.10. The van der Waals surface area contributed by atoms with E-state index in [9.17, 15) is 9.59 Å². The molecule has 0 saturated carbocycles. The number of hydrogen-bond donors (Lipinski definition) is 0. The van der Waals surface area contributed by atoms with Crippen LogP contribution < -0.4 is 0 Å². The summed E-state index contributed by atoms with van der Waals surface area (Å²) >= 11 is 3.52. The molecule has 6 heteroatoms. The number of halogens is 1. The minimum atomic E-state index is -1.84. The Morgan fingerprint density at radius 2 is 1.59 bits per heavy atom. The normalized spacial score (nSPS) is 16.4. The van der Waals surface area contributed by atoms with Crippen LogP contribution in [0, 0.1) is 5.92 Å². The summed E-state index contributed by atoms with van der Waals surface area (Å²) in [4.78, 5) is 26.8. The van der Waals surface area contributed by atoms with Crippen LogP contribution in [0.3, 0.4) is 0 Å². The lowest BCUT2D eigenvalue weighted by atomic mass is 9.97. The van der Waals surface area contributed by atoms with Gasteiger partial charge in [-0.15, -0.1) is 0 Å². The fourth-order valence-electron chi connectivity index (χ4n) is 3.37. The summed E-state index contributed by atoms with van der Waals surface area (Å²) in [7, 11) is -1.84. The van der Waals surface area contributed by atoms with Crippen molar-refractivity contribution in [3.05, 3.63) is 69.7 Å². The summed E-state index contributed by atoms with van der Waals surface area (Å²) in [5.41, 5.74) is 2.02. The van der Waals surface area contributed by atoms with E-state index in [-0.39, 0.29) is 23.8 Å². The molecule has 1 heterocycles. The smallest absolute Gasteiger partial charge is 0.261 e. The SMILES string of the molecule is C[C@@H](CN1C(=O)c2ccccc2C1=O)[C@H](O[Si](C)(C)C)c1cccc(Br)c1. The van der Waals surface area contributed by atoms with E-state index in [1.54, 1.807) is 24.3 Å². The molecule has 27 heavy (non-hydrogen) atoms. The number of fused-ring (bicyclic) bond motifs is 1. The van der Waals surface area contributed by atoms with Crippen molar-refractivity contribution in [2.24, 2.45) is 5.92 Å². The third-order valence-electron chi connectivity index (χ3n) is 4.52. The van der Waals surface area contributed by atoms with Crippen LogP contribution >= 0.6 is 15.9 Å². The Labute approximate surface area is 169 Å². The first-order chi connectivity index (χ1) is 12.7. The van der Waals surface area contributed by atoms with E-state index in [4.69, 9.17) is 4.43 Å². The van der Waals surface area contributed by atoms with E-state index in [2.05, 4.69) is 35.6 Å². The molecule has 0 fully saturated rings. The maximum absolute atomic E-state index is 12.7. The standard InChI is InChI=1S/C21H24BrNO3Si/c1-14(13-23-20(24)17-10-5-6-11-18(17)21(23)25)19(26-27(2,3)4)15-8-7-9-16(22)12-15/h5-12,14,19H,13H2,1-4H3/t14-,19-/m0/s1. The highest BCUT2D eigenvalue weighted by atomic mass is 79.9. The Bertz CT molecular complexity index is 843. The number of benzene rings is 2. The summed E-state index contributed by atoms with van der Waals surface area (Å²) in [5, 5.41) is 0. The molecule has 0 aliphatic carbocycles. The molecule has 0 radical (unpaired) electrons. The van der Waals surface area contributed by atoms with Crippen molar-refractivity contribution >= 4 is 36.1 Å². The predicted octanol–water partition coefficient (Wildman–Crippen LogP) is 5.27. The highest BCUT2D eigenvalue weighted by Gasteiger charge is 2.38. The van der Waals surface area contributed by atoms with Gasteiger partial charge in [0.2, 0.25) is 0 Å². The summed E-state index contributed by atoms with van der Waals surface area (Å²) in [5.74, 6) is -0.472. The minimum Gasteiger partial charge on any atom is -0.410 e. The molecule has 0 aromatic heterocycles. The molecule has 2 aromatic carbocycles. The fourth-order valence-corrected chi connectivity index (χ4v) is 4.91. The van der Waals surface area contributed by atoms with Gasteiger partial charge in [0.25, 0.3) is 11.8 Å². The molecule has 2 amide bonds. The predicted molar refractivity (Wildman–Crippen MR) is 112 cm³/mol. The van der Waals surface area contributed by atoms with Gasteiger partial charge < -0.3 is 4.43 Å². The van der Waals surface area contributed by atoms with Gasteiger partial charge in [-0.05, 0) is 49.5 Å². The van der Waals surface area contributed by atoms with E-state index < -0.39 is 8.32 Å². The zero-order valence-corrected chi connectivity index (χ0v) is 18.6. The van der Waals surface area contributed by atoms with E-state index in [1.807, 2.05) is 31.2 Å². The van der Waals surface area contributed by atoms with Crippen molar-refractivity contribution in [3.8, 4) is 0 Å². The molecular weight excluding hydrogens is 422 g/mol. The molecule has 142 valence electrons. The number of amides is 2. The first-order valence-electron chi connectivity index (χ1n) is 9.06. The van der Waals surface area contributed by atoms with Gasteiger partial charge >= 0.3 is 0 Å². The number of hydrogen-bond acceptors (Lipinski definition) is 3. The van der Waals surface area contributed by atoms with Crippen LogP contribution in [0.25, 0.3) is 0 Å². The van der Waals surface area contributed by atoms with E-state index in [0.29, 0.717) is 17.7 Å². The number of imide groups is 1. The molecular formula is C21H24BrNO3Si. The maximum Gasteiger partial charge on any atom is 0.261 e. The zero-order valence-electron chi connectivity index (χ0n) is 16.0. The fraction of sp³-hybridized carbons (Fsp3) is 0.333. The minimum absolute atomic E-state index is 0.0340. The topological polar surface area (TPSA) is 46.6 Å². The van der Waals surface area contributed by atoms with E-state index in [0.717, 1.165) is 10.0 Å². The Hall–Kier alpha value is -1.76. The summed E-state index contributed by atoms with van der Waals surface area (Å²) in [6.45, 7) is 8.80. The van der Waals surface area contributed by atoms with Crippen molar-refractivity contribution in [3.63, 3.8) is 0 Å². The average molecular weight is 446 g/mol. The van der Waals surface area contributed by atoms with Crippen LogP contribution in [0.2, 0.25) is 19.6 Å². The summed E-state index contributed by atoms with van der Waals surface area (Å²) in [6, 6.07) is 15.0. The molecule has 4 nitrogen and oxygen atoms in total. The molecule has 0 unspecified atom stereocenters. The lowest BCUT2D eigenvalue weighted by Gasteiger charge is -2.33. The number of carbonyl (C=O) groups is 2. The van der Waals surface area contributed by atoms with Crippen LogP contribution in [-0.2, 0) is 4.43 Å². The molecule has 0 bridgehead atoms. The molecule has 2 aromatic rings. The second-order valence-corrected chi connectivity index (χ2v) is 13.3.